The van der Waals surface area contributed by atoms with Gasteiger partial charge in [0.1, 0.15) is 0 Å². The highest BCUT2D eigenvalue weighted by Gasteiger charge is 2.29. The minimum absolute atomic E-state index is 0.181. The molecule has 0 N–H and O–H groups in total. The summed E-state index contributed by atoms with van der Waals surface area (Å²) in [5.41, 5.74) is 0.849. The standard InChI is InChI=1S/C16H21ClO5S/c1-3-22-16(19)14(9-13-7-5-4-6-8-13)11-23(20,21)10-12(2)15(17)18/h4-8,12,14H,3,9-11H2,1-2H3. The fourth-order valence-electron chi connectivity index (χ4n) is 2.19. The van der Waals surface area contributed by atoms with Crippen LogP contribution in [0.25, 0.3) is 0 Å². The molecule has 2 unspecified atom stereocenters. The number of sulfone groups is 1. The van der Waals surface area contributed by atoms with Crippen molar-refractivity contribution >= 4 is 32.6 Å². The molecule has 128 valence electrons. The lowest BCUT2D eigenvalue weighted by molar-refractivity contribution is -0.147. The Balaban J connectivity index is 2.88. The Morgan fingerprint density at radius 2 is 1.78 bits per heavy atom. The smallest absolute Gasteiger partial charge is 0.310 e. The molecule has 1 rings (SSSR count). The minimum Gasteiger partial charge on any atom is -0.466 e. The van der Waals surface area contributed by atoms with E-state index in [1.807, 2.05) is 30.3 Å². The molecule has 0 radical (unpaired) electrons. The van der Waals surface area contributed by atoms with E-state index in [-0.39, 0.29) is 24.5 Å². The predicted octanol–water partition coefficient (Wildman–Crippen LogP) is 2.22. The Bertz CT molecular complexity index is 627. The first-order valence-corrected chi connectivity index (χ1v) is 9.55. The van der Waals surface area contributed by atoms with Gasteiger partial charge in [0, 0.05) is 5.92 Å². The molecule has 0 saturated heterocycles. The second-order valence-corrected chi connectivity index (χ2v) is 7.95. The second kappa shape index (κ2) is 9.03. The summed E-state index contributed by atoms with van der Waals surface area (Å²) in [6.45, 7) is 3.30. The highest BCUT2D eigenvalue weighted by atomic mass is 35.5. The second-order valence-electron chi connectivity index (χ2n) is 5.42. The van der Waals surface area contributed by atoms with Crippen molar-refractivity contribution in [3.05, 3.63) is 35.9 Å². The van der Waals surface area contributed by atoms with E-state index in [2.05, 4.69) is 0 Å². The summed E-state index contributed by atoms with van der Waals surface area (Å²) >= 11 is 5.32. The molecule has 0 saturated carbocycles. The fourth-order valence-corrected chi connectivity index (χ4v) is 4.27. The summed E-state index contributed by atoms with van der Waals surface area (Å²) in [7, 11) is -3.61. The highest BCUT2D eigenvalue weighted by molar-refractivity contribution is 7.91. The molecule has 0 fully saturated rings. The zero-order valence-electron chi connectivity index (χ0n) is 13.2. The molecule has 23 heavy (non-hydrogen) atoms. The number of carbonyl (C=O) groups excluding carboxylic acids is 2. The number of hydrogen-bond acceptors (Lipinski definition) is 5. The first-order chi connectivity index (χ1) is 10.7. The van der Waals surface area contributed by atoms with Crippen LogP contribution in [0.1, 0.15) is 19.4 Å². The SMILES string of the molecule is CCOC(=O)C(Cc1ccccc1)CS(=O)(=O)CC(C)C(=O)Cl. The molecular weight excluding hydrogens is 340 g/mol. The third kappa shape index (κ3) is 7.14. The predicted molar refractivity (Wildman–Crippen MR) is 88.9 cm³/mol. The van der Waals surface area contributed by atoms with Crippen LogP contribution in [0.3, 0.4) is 0 Å². The van der Waals surface area contributed by atoms with E-state index in [0.717, 1.165) is 5.56 Å². The molecule has 5 nitrogen and oxygen atoms in total. The average molecular weight is 361 g/mol. The number of halogens is 1. The van der Waals surface area contributed by atoms with Crippen molar-refractivity contribution in [3.63, 3.8) is 0 Å². The Morgan fingerprint density at radius 1 is 1.17 bits per heavy atom. The van der Waals surface area contributed by atoms with Gasteiger partial charge in [-0.15, -0.1) is 0 Å². The highest BCUT2D eigenvalue weighted by Crippen LogP contribution is 2.16. The summed E-state index contributed by atoms with van der Waals surface area (Å²) in [4.78, 5) is 23.1. The number of carbonyl (C=O) groups is 2. The summed E-state index contributed by atoms with van der Waals surface area (Å²) in [5, 5.41) is -0.704. The molecule has 0 bridgehead atoms. The maximum absolute atomic E-state index is 12.2. The van der Waals surface area contributed by atoms with E-state index in [0.29, 0.717) is 0 Å². The normalized spacial score (nSPS) is 14.0. The Kier molecular flexibility index (Phi) is 7.72. The summed E-state index contributed by atoms with van der Waals surface area (Å²) in [5.74, 6) is -2.90. The van der Waals surface area contributed by atoms with Crippen LogP contribution in [0.4, 0.5) is 0 Å². The first-order valence-electron chi connectivity index (χ1n) is 7.35. The Labute approximate surface area is 141 Å². The molecule has 1 aromatic carbocycles. The van der Waals surface area contributed by atoms with Crippen LogP contribution in [-0.4, -0.2) is 37.7 Å². The Morgan fingerprint density at radius 3 is 2.30 bits per heavy atom. The first kappa shape index (κ1) is 19.6. The van der Waals surface area contributed by atoms with Gasteiger partial charge in [0.05, 0.1) is 24.0 Å². The zero-order valence-corrected chi connectivity index (χ0v) is 14.8. The lowest BCUT2D eigenvalue weighted by Crippen LogP contribution is -2.31. The third-order valence-corrected chi connectivity index (χ3v) is 5.58. The van der Waals surface area contributed by atoms with E-state index in [9.17, 15) is 18.0 Å². The summed E-state index contributed by atoms with van der Waals surface area (Å²) in [6, 6.07) is 9.13. The van der Waals surface area contributed by atoms with Gasteiger partial charge in [-0.05, 0) is 30.5 Å². The number of ether oxygens (including phenoxy) is 1. The molecule has 1 aromatic rings. The van der Waals surface area contributed by atoms with Gasteiger partial charge in [-0.3, -0.25) is 9.59 Å². The zero-order chi connectivity index (χ0) is 17.5. The lowest BCUT2D eigenvalue weighted by Gasteiger charge is -2.17. The number of benzene rings is 1. The summed E-state index contributed by atoms with van der Waals surface area (Å²) < 4.78 is 29.5. The van der Waals surface area contributed by atoms with Gasteiger partial charge in [-0.25, -0.2) is 8.42 Å². The van der Waals surface area contributed by atoms with Crippen LogP contribution >= 0.6 is 11.6 Å². The van der Waals surface area contributed by atoms with Crippen molar-refractivity contribution in [2.45, 2.75) is 20.3 Å². The van der Waals surface area contributed by atoms with Crippen LogP contribution in [0.5, 0.6) is 0 Å². The molecule has 0 aliphatic rings. The van der Waals surface area contributed by atoms with Crippen LogP contribution in [-0.2, 0) is 30.6 Å². The number of rotatable bonds is 9. The minimum atomic E-state index is -3.61. The lowest BCUT2D eigenvalue weighted by atomic mass is 10.0. The molecule has 0 amide bonds. The van der Waals surface area contributed by atoms with Crippen LogP contribution in [0.2, 0.25) is 0 Å². The van der Waals surface area contributed by atoms with E-state index in [4.69, 9.17) is 16.3 Å². The molecule has 0 spiro atoms. The van der Waals surface area contributed by atoms with Crippen LogP contribution in [0, 0.1) is 11.8 Å². The van der Waals surface area contributed by atoms with Gasteiger partial charge in [-0.2, -0.15) is 0 Å². The van der Waals surface area contributed by atoms with E-state index in [1.54, 1.807) is 6.92 Å². The summed E-state index contributed by atoms with van der Waals surface area (Å²) in [6.07, 6.45) is 0.266. The monoisotopic (exact) mass is 360 g/mol. The molecule has 0 heterocycles. The van der Waals surface area contributed by atoms with Crippen molar-refractivity contribution in [3.8, 4) is 0 Å². The molecule has 0 aliphatic heterocycles. The van der Waals surface area contributed by atoms with Crippen LogP contribution < -0.4 is 0 Å². The number of hydrogen-bond donors (Lipinski definition) is 0. The van der Waals surface area contributed by atoms with Gasteiger partial charge in [0.2, 0.25) is 5.24 Å². The maximum atomic E-state index is 12.2. The fraction of sp³-hybridized carbons (Fsp3) is 0.500. The maximum Gasteiger partial charge on any atom is 0.310 e. The van der Waals surface area contributed by atoms with Crippen molar-refractivity contribution in [2.24, 2.45) is 11.8 Å². The Hall–Kier alpha value is -1.40. The van der Waals surface area contributed by atoms with Gasteiger partial charge in [0.25, 0.3) is 0 Å². The molecule has 0 aromatic heterocycles. The molecule has 7 heteroatoms. The van der Waals surface area contributed by atoms with Gasteiger partial charge in [0.15, 0.2) is 9.84 Å². The topological polar surface area (TPSA) is 77.5 Å². The van der Waals surface area contributed by atoms with E-state index >= 15 is 0 Å². The molecule has 2 atom stereocenters. The van der Waals surface area contributed by atoms with Gasteiger partial charge >= 0.3 is 5.97 Å². The van der Waals surface area contributed by atoms with E-state index < -0.39 is 32.9 Å². The molecule has 0 aliphatic carbocycles. The van der Waals surface area contributed by atoms with E-state index in [1.165, 1.54) is 6.92 Å². The van der Waals surface area contributed by atoms with Crippen molar-refractivity contribution in [2.75, 3.05) is 18.1 Å². The average Bonchev–Trinajstić information content (AvgIpc) is 2.47. The quantitative estimate of drug-likeness (QED) is 0.498. The molecular formula is C16H21ClO5S. The van der Waals surface area contributed by atoms with Gasteiger partial charge < -0.3 is 4.74 Å². The van der Waals surface area contributed by atoms with Gasteiger partial charge in [-0.1, -0.05) is 37.3 Å². The largest absolute Gasteiger partial charge is 0.466 e. The number of esters is 1. The van der Waals surface area contributed by atoms with Crippen molar-refractivity contribution in [1.82, 2.24) is 0 Å². The van der Waals surface area contributed by atoms with Crippen molar-refractivity contribution < 1.29 is 22.7 Å². The van der Waals surface area contributed by atoms with Crippen molar-refractivity contribution in [1.29, 1.82) is 0 Å². The van der Waals surface area contributed by atoms with Crippen LogP contribution in [0.15, 0.2) is 30.3 Å². The third-order valence-electron chi connectivity index (χ3n) is 3.29.